The van der Waals surface area contributed by atoms with Gasteiger partial charge in [0.15, 0.2) is 0 Å². The van der Waals surface area contributed by atoms with Crippen molar-refractivity contribution in [3.8, 4) is 0 Å². The minimum absolute atomic E-state index is 0.0110. The molecule has 0 aliphatic heterocycles. The molecule has 0 fully saturated rings. The van der Waals surface area contributed by atoms with E-state index >= 15 is 0 Å². The maximum atomic E-state index is 12.7. The summed E-state index contributed by atoms with van der Waals surface area (Å²) in [5, 5.41) is 30.6. The Hall–Kier alpha value is -1.80. The first-order chi connectivity index (χ1) is 8.45. The number of rotatable bonds is 6. The molecule has 0 heterocycles. The Morgan fingerprint density at radius 3 is 2.61 bits per heavy atom. The third kappa shape index (κ3) is 3.60. The number of alkyl halides is 2. The number of nitrogens with one attached hydrogen (secondary N) is 1. The summed E-state index contributed by atoms with van der Waals surface area (Å²) in [7, 11) is 0. The van der Waals surface area contributed by atoms with E-state index in [1.54, 1.807) is 0 Å². The van der Waals surface area contributed by atoms with Gasteiger partial charge in [-0.2, -0.15) is 0 Å². The first-order valence-electron chi connectivity index (χ1n) is 5.05. The van der Waals surface area contributed by atoms with E-state index in [0.717, 1.165) is 18.2 Å². The second-order valence-corrected chi connectivity index (χ2v) is 3.55. The van der Waals surface area contributed by atoms with E-state index in [0.29, 0.717) is 0 Å². The monoisotopic (exact) mass is 262 g/mol. The molecule has 0 radical (unpaired) electrons. The highest BCUT2D eigenvalue weighted by Gasteiger charge is 2.18. The van der Waals surface area contributed by atoms with Crippen LogP contribution in [0.25, 0.3) is 0 Å². The van der Waals surface area contributed by atoms with Crippen LogP contribution in [0.4, 0.5) is 20.2 Å². The molecule has 6 nitrogen and oxygen atoms in total. The van der Waals surface area contributed by atoms with Crippen LogP contribution < -0.4 is 5.32 Å². The predicted molar refractivity (Wildman–Crippen MR) is 59.6 cm³/mol. The largest absolute Gasteiger partial charge is 0.394 e. The summed E-state index contributed by atoms with van der Waals surface area (Å²) in [4.78, 5) is 9.70. The molecule has 0 saturated heterocycles. The lowest BCUT2D eigenvalue weighted by molar-refractivity contribution is -0.385. The predicted octanol–water partition coefficient (Wildman–Crippen LogP) is 1.30. The third-order valence-electron chi connectivity index (χ3n) is 2.22. The average Bonchev–Trinajstić information content (AvgIpc) is 2.35. The van der Waals surface area contributed by atoms with Gasteiger partial charge in [0.05, 0.1) is 17.6 Å². The van der Waals surface area contributed by atoms with E-state index in [9.17, 15) is 18.9 Å². The number of nitro groups is 1. The van der Waals surface area contributed by atoms with E-state index < -0.39 is 35.3 Å². The molecule has 0 bridgehead atoms. The van der Waals surface area contributed by atoms with Crippen molar-refractivity contribution in [3.63, 3.8) is 0 Å². The SMILES string of the molecule is O=[N+]([O-])c1ccc(NCC(O)CO)c(C(F)F)c1. The van der Waals surface area contributed by atoms with Crippen molar-refractivity contribution in [1.82, 2.24) is 0 Å². The summed E-state index contributed by atoms with van der Waals surface area (Å²) >= 11 is 0. The third-order valence-corrected chi connectivity index (χ3v) is 2.22. The Morgan fingerprint density at radius 1 is 1.44 bits per heavy atom. The lowest BCUT2D eigenvalue weighted by Gasteiger charge is -2.13. The molecule has 1 unspecified atom stereocenters. The average molecular weight is 262 g/mol. The Balaban J connectivity index is 2.93. The molecule has 100 valence electrons. The van der Waals surface area contributed by atoms with Crippen molar-refractivity contribution in [2.75, 3.05) is 18.5 Å². The summed E-state index contributed by atoms with van der Waals surface area (Å²) in [6.45, 7) is -0.641. The van der Waals surface area contributed by atoms with Gasteiger partial charge in [0.2, 0.25) is 0 Å². The standard InChI is InChI=1S/C10H12F2N2O4/c11-10(12)8-3-6(14(17)18)1-2-9(8)13-4-7(16)5-15/h1-3,7,10,13,15-16H,4-5H2. The number of anilines is 1. The fourth-order valence-electron chi connectivity index (χ4n) is 1.30. The topological polar surface area (TPSA) is 95.6 Å². The summed E-state index contributed by atoms with van der Waals surface area (Å²) in [5.41, 5.74) is -0.962. The Bertz CT molecular complexity index is 428. The zero-order valence-corrected chi connectivity index (χ0v) is 9.22. The number of benzene rings is 1. The highest BCUT2D eigenvalue weighted by molar-refractivity contribution is 5.56. The number of aliphatic hydroxyl groups excluding tert-OH is 2. The molecule has 0 aliphatic rings. The Labute approximate surface area is 101 Å². The number of aliphatic hydroxyl groups is 2. The summed E-state index contributed by atoms with van der Waals surface area (Å²) in [5.74, 6) is 0. The van der Waals surface area contributed by atoms with Crippen molar-refractivity contribution < 1.29 is 23.9 Å². The van der Waals surface area contributed by atoms with Crippen LogP contribution in [0, 0.1) is 10.1 Å². The van der Waals surface area contributed by atoms with E-state index in [1.807, 2.05) is 0 Å². The van der Waals surface area contributed by atoms with Crippen LogP contribution in [0.15, 0.2) is 18.2 Å². The molecule has 18 heavy (non-hydrogen) atoms. The molecular weight excluding hydrogens is 250 g/mol. The molecule has 0 saturated carbocycles. The van der Waals surface area contributed by atoms with Crippen molar-refractivity contribution in [2.24, 2.45) is 0 Å². The van der Waals surface area contributed by atoms with Crippen molar-refractivity contribution in [1.29, 1.82) is 0 Å². The first-order valence-corrected chi connectivity index (χ1v) is 5.05. The van der Waals surface area contributed by atoms with Gasteiger partial charge >= 0.3 is 0 Å². The van der Waals surface area contributed by atoms with Crippen LogP contribution in [-0.2, 0) is 0 Å². The molecule has 1 rings (SSSR count). The molecule has 0 amide bonds. The Kier molecular flexibility index (Phi) is 4.93. The van der Waals surface area contributed by atoms with E-state index in [4.69, 9.17) is 10.2 Å². The van der Waals surface area contributed by atoms with Crippen molar-refractivity contribution >= 4 is 11.4 Å². The van der Waals surface area contributed by atoms with Gasteiger partial charge in [-0.3, -0.25) is 10.1 Å². The number of nitro benzene ring substituents is 1. The van der Waals surface area contributed by atoms with Crippen LogP contribution in [0.1, 0.15) is 12.0 Å². The van der Waals surface area contributed by atoms with Crippen LogP contribution >= 0.6 is 0 Å². The molecule has 0 aliphatic carbocycles. The summed E-state index contributed by atoms with van der Waals surface area (Å²) < 4.78 is 25.4. The fraction of sp³-hybridized carbons (Fsp3) is 0.400. The van der Waals surface area contributed by atoms with Gasteiger partial charge in [0, 0.05) is 29.9 Å². The van der Waals surface area contributed by atoms with Crippen LogP contribution in [0.5, 0.6) is 0 Å². The van der Waals surface area contributed by atoms with Gasteiger partial charge in [0.25, 0.3) is 12.1 Å². The summed E-state index contributed by atoms with van der Waals surface area (Å²) in [6.07, 6.45) is -3.97. The number of nitrogens with zero attached hydrogens (tertiary/aromatic N) is 1. The Morgan fingerprint density at radius 2 is 2.11 bits per heavy atom. The molecule has 1 atom stereocenters. The van der Waals surface area contributed by atoms with Crippen LogP contribution in [0.2, 0.25) is 0 Å². The van der Waals surface area contributed by atoms with E-state index in [-0.39, 0.29) is 12.2 Å². The van der Waals surface area contributed by atoms with Crippen molar-refractivity contribution in [3.05, 3.63) is 33.9 Å². The van der Waals surface area contributed by atoms with Gasteiger partial charge in [-0.15, -0.1) is 0 Å². The van der Waals surface area contributed by atoms with E-state index in [1.165, 1.54) is 0 Å². The maximum Gasteiger partial charge on any atom is 0.270 e. The molecule has 3 N–H and O–H groups in total. The second kappa shape index (κ2) is 6.22. The molecule has 0 spiro atoms. The quantitative estimate of drug-likeness (QED) is 0.530. The van der Waals surface area contributed by atoms with Gasteiger partial charge in [-0.05, 0) is 6.07 Å². The molecular formula is C10H12F2N2O4. The minimum Gasteiger partial charge on any atom is -0.394 e. The van der Waals surface area contributed by atoms with Gasteiger partial charge < -0.3 is 15.5 Å². The minimum atomic E-state index is -2.88. The molecule has 1 aromatic carbocycles. The number of non-ortho nitro benzene ring substituents is 1. The number of hydrogen-bond acceptors (Lipinski definition) is 5. The highest BCUT2D eigenvalue weighted by Crippen LogP contribution is 2.30. The molecule has 0 aromatic heterocycles. The lowest BCUT2D eigenvalue weighted by atomic mass is 10.1. The van der Waals surface area contributed by atoms with Gasteiger partial charge in [-0.25, -0.2) is 8.78 Å². The number of halogens is 2. The van der Waals surface area contributed by atoms with Gasteiger partial charge in [-0.1, -0.05) is 0 Å². The zero-order valence-electron chi connectivity index (χ0n) is 9.22. The molecule has 1 aromatic rings. The maximum absolute atomic E-state index is 12.7. The van der Waals surface area contributed by atoms with Crippen molar-refractivity contribution in [2.45, 2.75) is 12.5 Å². The normalized spacial score (nSPS) is 12.5. The first kappa shape index (κ1) is 14.3. The highest BCUT2D eigenvalue weighted by atomic mass is 19.3. The molecule has 8 heteroatoms. The van der Waals surface area contributed by atoms with Crippen LogP contribution in [0.3, 0.4) is 0 Å². The van der Waals surface area contributed by atoms with Gasteiger partial charge in [0.1, 0.15) is 0 Å². The fourth-order valence-corrected chi connectivity index (χ4v) is 1.30. The number of hydrogen-bond donors (Lipinski definition) is 3. The summed E-state index contributed by atoms with van der Waals surface area (Å²) in [6, 6.07) is 3.00. The zero-order chi connectivity index (χ0) is 13.7. The van der Waals surface area contributed by atoms with E-state index in [2.05, 4.69) is 5.32 Å². The lowest BCUT2D eigenvalue weighted by Crippen LogP contribution is -2.23. The second-order valence-electron chi connectivity index (χ2n) is 3.55. The smallest absolute Gasteiger partial charge is 0.270 e. The van der Waals surface area contributed by atoms with Crippen LogP contribution in [-0.4, -0.2) is 34.4 Å².